The van der Waals surface area contributed by atoms with Crippen LogP contribution in [0.4, 0.5) is 0 Å². The molecule has 0 fully saturated rings. The topological polar surface area (TPSA) is 21.3 Å². The minimum absolute atomic E-state index is 0.168. The van der Waals surface area contributed by atoms with Crippen LogP contribution >= 0.6 is 11.3 Å². The minimum atomic E-state index is 0.168. The summed E-state index contributed by atoms with van der Waals surface area (Å²) >= 11 is 1.87. The lowest BCUT2D eigenvalue weighted by molar-refractivity contribution is 0.405. The molecule has 0 spiro atoms. The van der Waals surface area contributed by atoms with Gasteiger partial charge in [-0.05, 0) is 37.6 Å². The standard InChI is InChI=1S/C18H25NOS/c1-12-7-8-14(20-6)13(11-12)17(19-5)15-9-10-16(21-15)18(2,3)4/h7-11,17,19H,1-6H3. The molecule has 1 unspecified atom stereocenters. The second kappa shape index (κ2) is 6.20. The quantitative estimate of drug-likeness (QED) is 0.886. The molecule has 0 aliphatic heterocycles. The zero-order chi connectivity index (χ0) is 15.6. The summed E-state index contributed by atoms with van der Waals surface area (Å²) in [6.07, 6.45) is 0. The van der Waals surface area contributed by atoms with E-state index in [1.807, 2.05) is 24.5 Å². The van der Waals surface area contributed by atoms with Crippen LogP contribution in [0.25, 0.3) is 0 Å². The van der Waals surface area contributed by atoms with Crippen LogP contribution in [0.2, 0.25) is 0 Å². The Morgan fingerprint density at radius 2 is 1.86 bits per heavy atom. The lowest BCUT2D eigenvalue weighted by Gasteiger charge is -2.20. The third kappa shape index (κ3) is 3.47. The Bertz CT molecular complexity index is 610. The van der Waals surface area contributed by atoms with Gasteiger partial charge in [0.25, 0.3) is 0 Å². The highest BCUT2D eigenvalue weighted by Crippen LogP contribution is 2.37. The van der Waals surface area contributed by atoms with E-state index in [0.717, 1.165) is 5.75 Å². The molecule has 1 atom stereocenters. The van der Waals surface area contributed by atoms with Crippen LogP contribution in [0.5, 0.6) is 5.75 Å². The SMILES string of the molecule is CNC(c1ccc(C(C)(C)C)s1)c1cc(C)ccc1OC. The van der Waals surface area contributed by atoms with Crippen LogP contribution < -0.4 is 10.1 Å². The average molecular weight is 303 g/mol. The van der Waals surface area contributed by atoms with Crippen LogP contribution in [-0.4, -0.2) is 14.2 Å². The van der Waals surface area contributed by atoms with Gasteiger partial charge >= 0.3 is 0 Å². The van der Waals surface area contributed by atoms with Gasteiger partial charge in [0.1, 0.15) is 5.75 Å². The molecule has 0 bridgehead atoms. The molecule has 0 aliphatic carbocycles. The number of rotatable bonds is 4. The fourth-order valence-electron chi connectivity index (χ4n) is 2.44. The van der Waals surface area contributed by atoms with E-state index in [-0.39, 0.29) is 11.5 Å². The molecule has 1 aromatic heterocycles. The smallest absolute Gasteiger partial charge is 0.124 e. The summed E-state index contributed by atoms with van der Waals surface area (Å²) in [6, 6.07) is 11.0. The highest BCUT2D eigenvalue weighted by Gasteiger charge is 2.22. The molecule has 0 saturated heterocycles. The van der Waals surface area contributed by atoms with Crippen molar-refractivity contribution in [1.29, 1.82) is 0 Å². The predicted octanol–water partition coefficient (Wildman–Crippen LogP) is 4.67. The van der Waals surface area contributed by atoms with E-state index in [9.17, 15) is 0 Å². The van der Waals surface area contributed by atoms with Gasteiger partial charge in [-0.25, -0.2) is 0 Å². The number of ether oxygens (including phenoxy) is 1. The summed E-state index contributed by atoms with van der Waals surface area (Å²) < 4.78 is 5.54. The fraction of sp³-hybridized carbons (Fsp3) is 0.444. The van der Waals surface area contributed by atoms with E-state index in [2.05, 4.69) is 57.3 Å². The van der Waals surface area contributed by atoms with Crippen molar-refractivity contribution in [3.63, 3.8) is 0 Å². The zero-order valence-corrected chi connectivity index (χ0v) is 14.6. The van der Waals surface area contributed by atoms with Crippen LogP contribution in [0.1, 0.15) is 47.7 Å². The number of methoxy groups -OCH3 is 1. The maximum Gasteiger partial charge on any atom is 0.124 e. The minimum Gasteiger partial charge on any atom is -0.496 e. The Kier molecular flexibility index (Phi) is 4.74. The number of nitrogens with one attached hydrogen (secondary N) is 1. The third-order valence-corrected chi connectivity index (χ3v) is 5.21. The van der Waals surface area contributed by atoms with Crippen molar-refractivity contribution in [3.05, 3.63) is 51.2 Å². The normalized spacial score (nSPS) is 13.2. The first-order valence-corrected chi connectivity index (χ1v) is 8.10. The maximum atomic E-state index is 5.54. The van der Waals surface area contributed by atoms with Crippen molar-refractivity contribution in [3.8, 4) is 5.75 Å². The molecule has 3 heteroatoms. The molecule has 0 radical (unpaired) electrons. The van der Waals surface area contributed by atoms with Gasteiger partial charge in [0.15, 0.2) is 0 Å². The second-order valence-corrected chi connectivity index (χ2v) is 7.53. The molecule has 21 heavy (non-hydrogen) atoms. The highest BCUT2D eigenvalue weighted by molar-refractivity contribution is 7.12. The van der Waals surface area contributed by atoms with Gasteiger partial charge in [-0.15, -0.1) is 11.3 Å². The van der Waals surface area contributed by atoms with E-state index >= 15 is 0 Å². The monoisotopic (exact) mass is 303 g/mol. The molecule has 1 aromatic carbocycles. The summed E-state index contributed by atoms with van der Waals surface area (Å²) in [7, 11) is 3.73. The molecule has 2 nitrogen and oxygen atoms in total. The second-order valence-electron chi connectivity index (χ2n) is 6.42. The number of hydrogen-bond acceptors (Lipinski definition) is 3. The van der Waals surface area contributed by atoms with Gasteiger partial charge in [-0.3, -0.25) is 0 Å². The van der Waals surface area contributed by atoms with Crippen LogP contribution in [-0.2, 0) is 5.41 Å². The largest absolute Gasteiger partial charge is 0.496 e. The number of thiophene rings is 1. The molecular weight excluding hydrogens is 278 g/mol. The first kappa shape index (κ1) is 16.1. The lowest BCUT2D eigenvalue weighted by atomic mass is 9.95. The van der Waals surface area contributed by atoms with Gasteiger partial charge in [0.05, 0.1) is 13.2 Å². The zero-order valence-electron chi connectivity index (χ0n) is 13.8. The summed E-state index contributed by atoms with van der Waals surface area (Å²) in [5, 5.41) is 3.43. The van der Waals surface area contributed by atoms with Gasteiger partial charge in [-0.2, -0.15) is 0 Å². The Labute approximate surface area is 132 Å². The van der Waals surface area contributed by atoms with Crippen LogP contribution in [0.15, 0.2) is 30.3 Å². The van der Waals surface area contributed by atoms with Crippen molar-refractivity contribution in [2.24, 2.45) is 0 Å². The van der Waals surface area contributed by atoms with Crippen molar-refractivity contribution >= 4 is 11.3 Å². The van der Waals surface area contributed by atoms with E-state index in [1.165, 1.54) is 20.9 Å². The number of aryl methyl sites for hydroxylation is 1. The molecule has 114 valence electrons. The highest BCUT2D eigenvalue weighted by atomic mass is 32.1. The molecule has 1 heterocycles. The van der Waals surface area contributed by atoms with E-state index < -0.39 is 0 Å². The Morgan fingerprint density at radius 3 is 2.38 bits per heavy atom. The summed E-state index contributed by atoms with van der Waals surface area (Å²) in [6.45, 7) is 8.88. The van der Waals surface area contributed by atoms with E-state index in [1.54, 1.807) is 7.11 Å². The van der Waals surface area contributed by atoms with Crippen molar-refractivity contribution in [2.75, 3.05) is 14.2 Å². The van der Waals surface area contributed by atoms with E-state index in [0.29, 0.717) is 0 Å². The number of benzene rings is 1. The first-order chi connectivity index (χ1) is 9.86. The molecule has 0 amide bonds. The summed E-state index contributed by atoms with van der Waals surface area (Å²) in [4.78, 5) is 2.73. The Hall–Kier alpha value is -1.32. The van der Waals surface area contributed by atoms with Crippen LogP contribution in [0, 0.1) is 6.92 Å². The molecule has 0 saturated carbocycles. The van der Waals surface area contributed by atoms with Gasteiger partial charge in [0, 0.05) is 15.3 Å². The molecular formula is C18H25NOS. The lowest BCUT2D eigenvalue weighted by Crippen LogP contribution is -2.17. The molecule has 2 rings (SSSR count). The Morgan fingerprint density at radius 1 is 1.14 bits per heavy atom. The first-order valence-electron chi connectivity index (χ1n) is 7.29. The number of hydrogen-bond donors (Lipinski definition) is 1. The summed E-state index contributed by atoms with van der Waals surface area (Å²) in [5.74, 6) is 0.936. The van der Waals surface area contributed by atoms with E-state index in [4.69, 9.17) is 4.74 Å². The maximum absolute atomic E-state index is 5.54. The fourth-order valence-corrected chi connectivity index (χ4v) is 3.64. The van der Waals surface area contributed by atoms with Gasteiger partial charge in [0.2, 0.25) is 0 Å². The predicted molar refractivity (Wildman–Crippen MR) is 91.7 cm³/mol. The third-order valence-electron chi connectivity index (χ3n) is 3.64. The van der Waals surface area contributed by atoms with Crippen molar-refractivity contribution < 1.29 is 4.74 Å². The molecule has 1 N–H and O–H groups in total. The summed E-state index contributed by atoms with van der Waals surface area (Å²) in [5.41, 5.74) is 2.64. The van der Waals surface area contributed by atoms with Crippen LogP contribution in [0.3, 0.4) is 0 Å². The van der Waals surface area contributed by atoms with Gasteiger partial charge < -0.3 is 10.1 Å². The molecule has 2 aromatic rings. The Balaban J connectivity index is 2.45. The van der Waals surface area contributed by atoms with Crippen molar-refractivity contribution in [1.82, 2.24) is 5.32 Å². The molecule has 0 aliphatic rings. The van der Waals surface area contributed by atoms with Gasteiger partial charge in [-0.1, -0.05) is 38.5 Å². The van der Waals surface area contributed by atoms with Crippen molar-refractivity contribution in [2.45, 2.75) is 39.2 Å². The average Bonchev–Trinajstić information content (AvgIpc) is 2.89.